The molecular formula is C13H12ClN5. The van der Waals surface area contributed by atoms with Gasteiger partial charge in [0.05, 0.1) is 5.39 Å². The number of hydrogen-bond acceptors (Lipinski definition) is 4. The molecular weight excluding hydrogens is 262 g/mol. The molecule has 0 aliphatic heterocycles. The molecule has 0 unspecified atom stereocenters. The highest BCUT2D eigenvalue weighted by Gasteiger charge is 2.06. The Kier molecular flexibility index (Phi) is 3.29. The summed E-state index contributed by atoms with van der Waals surface area (Å²) in [7, 11) is 0. The van der Waals surface area contributed by atoms with Gasteiger partial charge < -0.3 is 10.3 Å². The van der Waals surface area contributed by atoms with E-state index in [1.165, 1.54) is 5.56 Å². The summed E-state index contributed by atoms with van der Waals surface area (Å²) in [5.74, 6) is 0.755. The fraction of sp³-hybridized carbons (Fsp3) is 0.154. The second-order valence-corrected chi connectivity index (χ2v) is 4.45. The molecule has 0 aromatic carbocycles. The van der Waals surface area contributed by atoms with Crippen LogP contribution in [0.15, 0.2) is 36.8 Å². The van der Waals surface area contributed by atoms with Crippen molar-refractivity contribution in [3.8, 4) is 0 Å². The van der Waals surface area contributed by atoms with Gasteiger partial charge in [0.2, 0.25) is 5.28 Å². The minimum Gasteiger partial charge on any atom is -0.369 e. The molecule has 0 aliphatic rings. The van der Waals surface area contributed by atoms with Crippen molar-refractivity contribution in [2.75, 3.05) is 11.9 Å². The van der Waals surface area contributed by atoms with Crippen molar-refractivity contribution in [1.29, 1.82) is 0 Å². The summed E-state index contributed by atoms with van der Waals surface area (Å²) in [5, 5.41) is 4.47. The Hall–Kier alpha value is -2.14. The fourth-order valence-electron chi connectivity index (χ4n) is 1.92. The molecule has 0 fully saturated rings. The number of hydrogen-bond donors (Lipinski definition) is 2. The highest BCUT2D eigenvalue weighted by Crippen LogP contribution is 2.20. The molecule has 0 spiro atoms. The Labute approximate surface area is 115 Å². The van der Waals surface area contributed by atoms with E-state index in [4.69, 9.17) is 11.6 Å². The zero-order valence-electron chi connectivity index (χ0n) is 10.1. The number of nitrogens with one attached hydrogen (secondary N) is 2. The van der Waals surface area contributed by atoms with E-state index in [9.17, 15) is 0 Å². The normalized spacial score (nSPS) is 10.8. The average Bonchev–Trinajstić information content (AvgIpc) is 2.88. The van der Waals surface area contributed by atoms with Crippen LogP contribution < -0.4 is 5.32 Å². The first-order chi connectivity index (χ1) is 9.33. The largest absolute Gasteiger partial charge is 0.369 e. The van der Waals surface area contributed by atoms with Crippen molar-refractivity contribution >= 4 is 28.5 Å². The van der Waals surface area contributed by atoms with E-state index < -0.39 is 0 Å². The summed E-state index contributed by atoms with van der Waals surface area (Å²) in [6, 6.07) is 5.93. The first kappa shape index (κ1) is 11.9. The molecule has 3 aromatic heterocycles. The summed E-state index contributed by atoms with van der Waals surface area (Å²) in [6.45, 7) is 0.775. The molecule has 3 rings (SSSR count). The summed E-state index contributed by atoms with van der Waals surface area (Å²) in [5.41, 5.74) is 1.97. The average molecular weight is 274 g/mol. The number of anilines is 1. The third kappa shape index (κ3) is 2.66. The van der Waals surface area contributed by atoms with Crippen LogP contribution in [0.25, 0.3) is 11.0 Å². The van der Waals surface area contributed by atoms with Crippen molar-refractivity contribution in [2.45, 2.75) is 6.42 Å². The number of halogens is 1. The van der Waals surface area contributed by atoms with E-state index >= 15 is 0 Å². The zero-order valence-corrected chi connectivity index (χ0v) is 10.9. The lowest BCUT2D eigenvalue weighted by Gasteiger charge is -2.07. The van der Waals surface area contributed by atoms with Crippen LogP contribution in [0.5, 0.6) is 0 Å². The first-order valence-corrected chi connectivity index (χ1v) is 6.34. The van der Waals surface area contributed by atoms with Crippen LogP contribution in [-0.4, -0.2) is 26.5 Å². The maximum Gasteiger partial charge on any atom is 0.226 e. The molecule has 19 heavy (non-hydrogen) atoms. The van der Waals surface area contributed by atoms with Gasteiger partial charge in [-0.25, -0.2) is 4.98 Å². The lowest BCUT2D eigenvalue weighted by molar-refractivity contribution is 1.000. The molecule has 0 radical (unpaired) electrons. The van der Waals surface area contributed by atoms with Crippen molar-refractivity contribution in [1.82, 2.24) is 19.9 Å². The number of nitrogens with zero attached hydrogens (tertiary/aromatic N) is 3. The zero-order chi connectivity index (χ0) is 13.1. The summed E-state index contributed by atoms with van der Waals surface area (Å²) >= 11 is 5.89. The Balaban J connectivity index is 1.73. The molecule has 96 valence electrons. The number of fused-ring (bicyclic) bond motifs is 1. The predicted molar refractivity (Wildman–Crippen MR) is 75.3 cm³/mol. The van der Waals surface area contributed by atoms with E-state index in [0.717, 1.165) is 29.8 Å². The maximum atomic E-state index is 5.89. The quantitative estimate of drug-likeness (QED) is 0.717. The summed E-state index contributed by atoms with van der Waals surface area (Å²) in [6.07, 6.45) is 6.31. The molecule has 0 saturated heterocycles. The fourth-order valence-corrected chi connectivity index (χ4v) is 2.09. The highest BCUT2D eigenvalue weighted by atomic mass is 35.5. The lowest BCUT2D eigenvalue weighted by Crippen LogP contribution is -2.07. The number of H-pyrrole nitrogens is 1. The van der Waals surface area contributed by atoms with Crippen molar-refractivity contribution in [3.63, 3.8) is 0 Å². The van der Waals surface area contributed by atoms with Crippen molar-refractivity contribution in [2.24, 2.45) is 0 Å². The highest BCUT2D eigenvalue weighted by molar-refractivity contribution is 6.28. The smallest absolute Gasteiger partial charge is 0.226 e. The standard InChI is InChI=1S/C13H12ClN5/c14-13-18-11(10-4-8-17-12(10)19-13)16-7-3-9-1-5-15-6-2-9/h1-2,4-6,8H,3,7H2,(H2,16,17,18,19). The lowest BCUT2D eigenvalue weighted by atomic mass is 10.2. The van der Waals surface area contributed by atoms with Crippen LogP contribution in [0, 0.1) is 0 Å². The Bertz CT molecular complexity index is 680. The minimum absolute atomic E-state index is 0.237. The first-order valence-electron chi connectivity index (χ1n) is 5.96. The molecule has 5 nitrogen and oxygen atoms in total. The van der Waals surface area contributed by atoms with Crippen LogP contribution in [-0.2, 0) is 6.42 Å². The van der Waals surface area contributed by atoms with E-state index in [1.54, 1.807) is 12.4 Å². The molecule has 0 atom stereocenters. The van der Waals surface area contributed by atoms with Gasteiger partial charge in [-0.05, 0) is 41.8 Å². The van der Waals surface area contributed by atoms with Gasteiger partial charge >= 0.3 is 0 Å². The van der Waals surface area contributed by atoms with Gasteiger partial charge in [-0.3, -0.25) is 4.98 Å². The molecule has 3 aromatic rings. The van der Waals surface area contributed by atoms with Crippen molar-refractivity contribution in [3.05, 3.63) is 47.6 Å². The number of aromatic amines is 1. The maximum absolute atomic E-state index is 5.89. The summed E-state index contributed by atoms with van der Waals surface area (Å²) in [4.78, 5) is 15.3. The van der Waals surface area contributed by atoms with Gasteiger partial charge in [-0.15, -0.1) is 0 Å². The molecule has 0 saturated carbocycles. The van der Waals surface area contributed by atoms with Gasteiger partial charge in [0.15, 0.2) is 0 Å². The van der Waals surface area contributed by atoms with Crippen LogP contribution in [0.3, 0.4) is 0 Å². The molecule has 0 bridgehead atoms. The third-order valence-corrected chi connectivity index (χ3v) is 3.01. The Morgan fingerprint density at radius 1 is 1.16 bits per heavy atom. The second-order valence-electron chi connectivity index (χ2n) is 4.11. The molecule has 3 heterocycles. The molecule has 2 N–H and O–H groups in total. The number of aromatic nitrogens is 4. The number of rotatable bonds is 4. The minimum atomic E-state index is 0.237. The molecule has 0 amide bonds. The monoisotopic (exact) mass is 273 g/mol. The van der Waals surface area contributed by atoms with E-state index in [2.05, 4.69) is 25.3 Å². The van der Waals surface area contributed by atoms with E-state index in [-0.39, 0.29) is 5.28 Å². The van der Waals surface area contributed by atoms with Crippen molar-refractivity contribution < 1.29 is 0 Å². The van der Waals surface area contributed by atoms with Crippen LogP contribution in [0.1, 0.15) is 5.56 Å². The topological polar surface area (TPSA) is 66.5 Å². The Morgan fingerprint density at radius 3 is 2.84 bits per heavy atom. The van der Waals surface area contributed by atoms with Crippen LogP contribution in [0.2, 0.25) is 5.28 Å². The van der Waals surface area contributed by atoms with Gasteiger partial charge in [0, 0.05) is 25.1 Å². The van der Waals surface area contributed by atoms with Gasteiger partial charge in [0.25, 0.3) is 0 Å². The Morgan fingerprint density at radius 2 is 2.00 bits per heavy atom. The number of pyridine rings is 1. The second kappa shape index (κ2) is 5.24. The molecule has 6 heteroatoms. The van der Waals surface area contributed by atoms with Gasteiger partial charge in [-0.1, -0.05) is 0 Å². The van der Waals surface area contributed by atoms with Gasteiger partial charge in [0.1, 0.15) is 11.5 Å². The van der Waals surface area contributed by atoms with Crippen LogP contribution >= 0.6 is 11.6 Å². The van der Waals surface area contributed by atoms with Crippen LogP contribution in [0.4, 0.5) is 5.82 Å². The van der Waals surface area contributed by atoms with Gasteiger partial charge in [-0.2, -0.15) is 4.98 Å². The van der Waals surface area contributed by atoms with E-state index in [0.29, 0.717) is 0 Å². The third-order valence-electron chi connectivity index (χ3n) is 2.84. The SMILES string of the molecule is Clc1nc(NCCc2ccncc2)c2cc[nH]c2n1. The predicted octanol–water partition coefficient (Wildman–Crippen LogP) is 2.66. The van der Waals surface area contributed by atoms with E-state index in [1.807, 2.05) is 24.4 Å². The molecule has 0 aliphatic carbocycles. The summed E-state index contributed by atoms with van der Waals surface area (Å²) < 4.78 is 0.